The molecule has 8 heteroatoms. The summed E-state index contributed by atoms with van der Waals surface area (Å²) in [6.07, 6.45) is 3.32. The number of nitrogens with one attached hydrogen (secondary N) is 1. The largest absolute Gasteiger partial charge is 0.472 e. The molecule has 5 nitrogen and oxygen atoms in total. The molecule has 1 aromatic heterocycles. The highest BCUT2D eigenvalue weighted by atomic mass is 79.9. The molecule has 0 saturated carbocycles. The molecule has 3 rings (SSSR count). The van der Waals surface area contributed by atoms with Crippen LogP contribution in [0.3, 0.4) is 0 Å². The summed E-state index contributed by atoms with van der Waals surface area (Å²) in [5.41, 5.74) is 1.00. The second kappa shape index (κ2) is 8.05. The van der Waals surface area contributed by atoms with Gasteiger partial charge in [-0.25, -0.2) is 13.1 Å². The van der Waals surface area contributed by atoms with Crippen molar-refractivity contribution in [1.29, 1.82) is 0 Å². The Labute approximate surface area is 155 Å². The fraction of sp³-hybridized carbons (Fsp3) is 0.375. The van der Waals surface area contributed by atoms with Gasteiger partial charge in [-0.2, -0.15) is 11.8 Å². The summed E-state index contributed by atoms with van der Waals surface area (Å²) < 4.78 is 33.9. The fourth-order valence-electron chi connectivity index (χ4n) is 2.70. The molecule has 2 heterocycles. The molecule has 130 valence electrons. The van der Waals surface area contributed by atoms with Gasteiger partial charge in [-0.1, -0.05) is 15.9 Å². The summed E-state index contributed by atoms with van der Waals surface area (Å²) in [4.78, 5) is 2.58. The van der Waals surface area contributed by atoms with Gasteiger partial charge in [-0.15, -0.1) is 0 Å². The molecule has 24 heavy (non-hydrogen) atoms. The van der Waals surface area contributed by atoms with Gasteiger partial charge in [0, 0.05) is 41.2 Å². The van der Waals surface area contributed by atoms with Gasteiger partial charge in [0.1, 0.15) is 0 Å². The molecule has 2 aromatic rings. The zero-order valence-corrected chi connectivity index (χ0v) is 16.2. The molecule has 1 atom stereocenters. The van der Waals surface area contributed by atoms with Crippen molar-refractivity contribution >= 4 is 37.7 Å². The minimum absolute atomic E-state index is 0.0186. The number of nitrogens with zero attached hydrogens (tertiary/aromatic N) is 1. The third-order valence-corrected chi connectivity index (χ3v) is 6.92. The van der Waals surface area contributed by atoms with Crippen molar-refractivity contribution in [2.45, 2.75) is 10.9 Å². The summed E-state index contributed by atoms with van der Waals surface area (Å²) >= 11 is 5.25. The number of rotatable bonds is 6. The monoisotopic (exact) mass is 430 g/mol. The fourth-order valence-corrected chi connectivity index (χ4v) is 4.93. The van der Waals surface area contributed by atoms with Gasteiger partial charge in [0.2, 0.25) is 10.0 Å². The molecule has 0 amide bonds. The predicted octanol–water partition coefficient (Wildman–Crippen LogP) is 3.11. The first kappa shape index (κ1) is 18.0. The lowest BCUT2D eigenvalue weighted by Crippen LogP contribution is -2.41. The molecule has 1 aliphatic heterocycles. The lowest BCUT2D eigenvalue weighted by Gasteiger charge is -2.33. The molecule has 0 bridgehead atoms. The number of thioether (sulfide) groups is 1. The topological polar surface area (TPSA) is 62.6 Å². The third-order valence-electron chi connectivity index (χ3n) is 4.01. The van der Waals surface area contributed by atoms with Crippen LogP contribution in [0.5, 0.6) is 0 Å². The normalized spacial score (nSPS) is 17.7. The average Bonchev–Trinajstić information content (AvgIpc) is 3.11. The first-order chi connectivity index (χ1) is 11.6. The maximum Gasteiger partial charge on any atom is 0.240 e. The van der Waals surface area contributed by atoms with Crippen molar-refractivity contribution in [2.75, 3.05) is 31.1 Å². The summed E-state index contributed by atoms with van der Waals surface area (Å²) in [6, 6.07) is 8.52. The standard InChI is InChI=1S/C16H19BrN2O3S2/c17-14-1-3-15(4-2-14)24(20,21)18-11-16(13-5-8-22-12-13)19-6-9-23-10-7-19/h1-5,8,12,16,18H,6-7,9-11H2. The van der Waals surface area contributed by atoms with E-state index in [1.807, 2.05) is 17.8 Å². The van der Waals surface area contributed by atoms with Crippen LogP contribution in [0.1, 0.15) is 11.6 Å². The van der Waals surface area contributed by atoms with Gasteiger partial charge in [-0.3, -0.25) is 4.90 Å². The second-order valence-corrected chi connectivity index (χ2v) is 9.43. The maximum atomic E-state index is 12.5. The number of hydrogen-bond donors (Lipinski definition) is 1. The van der Waals surface area contributed by atoms with Crippen LogP contribution >= 0.6 is 27.7 Å². The van der Waals surface area contributed by atoms with Gasteiger partial charge in [0.25, 0.3) is 0 Å². The van der Waals surface area contributed by atoms with Gasteiger partial charge >= 0.3 is 0 Å². The first-order valence-electron chi connectivity index (χ1n) is 7.65. The highest BCUT2D eigenvalue weighted by Crippen LogP contribution is 2.25. The molecule has 1 unspecified atom stereocenters. The number of furan rings is 1. The lowest BCUT2D eigenvalue weighted by molar-refractivity contribution is 0.218. The molecule has 1 fully saturated rings. The van der Waals surface area contributed by atoms with Crippen LogP contribution in [-0.2, 0) is 10.0 Å². The third kappa shape index (κ3) is 4.43. The Kier molecular flexibility index (Phi) is 6.04. The van der Waals surface area contributed by atoms with Crippen LogP contribution in [0.2, 0.25) is 0 Å². The van der Waals surface area contributed by atoms with Gasteiger partial charge < -0.3 is 4.42 Å². The quantitative estimate of drug-likeness (QED) is 0.762. The van der Waals surface area contributed by atoms with E-state index in [1.54, 1.807) is 36.8 Å². The van der Waals surface area contributed by atoms with Crippen LogP contribution in [-0.4, -0.2) is 44.5 Å². The summed E-state index contributed by atoms with van der Waals surface area (Å²) in [7, 11) is -3.54. The minimum Gasteiger partial charge on any atom is -0.472 e. The highest BCUT2D eigenvalue weighted by Gasteiger charge is 2.25. The molecule has 1 N–H and O–H groups in total. The SMILES string of the molecule is O=S(=O)(NCC(c1ccoc1)N1CCSCC1)c1ccc(Br)cc1. The van der Waals surface area contributed by atoms with Crippen molar-refractivity contribution in [1.82, 2.24) is 9.62 Å². The molecule has 0 spiro atoms. The molecule has 1 saturated heterocycles. The zero-order chi connectivity index (χ0) is 17.0. The Balaban J connectivity index is 1.74. The average molecular weight is 431 g/mol. The Hall–Kier alpha value is -0.800. The number of hydrogen-bond acceptors (Lipinski definition) is 5. The van der Waals surface area contributed by atoms with Crippen LogP contribution < -0.4 is 4.72 Å². The van der Waals surface area contributed by atoms with E-state index < -0.39 is 10.0 Å². The first-order valence-corrected chi connectivity index (χ1v) is 11.1. The Bertz CT molecular complexity index is 742. The van der Waals surface area contributed by atoms with Crippen molar-refractivity contribution in [3.63, 3.8) is 0 Å². The van der Waals surface area contributed by atoms with E-state index >= 15 is 0 Å². The molecule has 1 aromatic carbocycles. The second-order valence-electron chi connectivity index (χ2n) is 5.53. The predicted molar refractivity (Wildman–Crippen MR) is 99.7 cm³/mol. The lowest BCUT2D eigenvalue weighted by atomic mass is 10.1. The van der Waals surface area contributed by atoms with E-state index in [0.717, 1.165) is 34.6 Å². The van der Waals surface area contributed by atoms with Crippen LogP contribution in [0, 0.1) is 0 Å². The Morgan fingerprint density at radius 3 is 2.54 bits per heavy atom. The van der Waals surface area contributed by atoms with E-state index in [4.69, 9.17) is 4.42 Å². The molecular weight excluding hydrogens is 412 g/mol. The van der Waals surface area contributed by atoms with E-state index in [1.165, 1.54) is 0 Å². The summed E-state index contributed by atoms with van der Waals surface area (Å²) in [6.45, 7) is 2.21. The van der Waals surface area contributed by atoms with E-state index in [2.05, 4.69) is 25.6 Å². The van der Waals surface area contributed by atoms with Crippen LogP contribution in [0.15, 0.2) is 56.6 Å². The molecule has 0 aliphatic carbocycles. The van der Waals surface area contributed by atoms with Gasteiger partial charge in [0.15, 0.2) is 0 Å². The van der Waals surface area contributed by atoms with Crippen LogP contribution in [0.4, 0.5) is 0 Å². The number of halogens is 1. The van der Waals surface area contributed by atoms with E-state index in [-0.39, 0.29) is 10.9 Å². The van der Waals surface area contributed by atoms with Gasteiger partial charge in [0.05, 0.1) is 23.5 Å². The maximum absolute atomic E-state index is 12.5. The summed E-state index contributed by atoms with van der Waals surface area (Å²) in [5.74, 6) is 2.13. The van der Waals surface area contributed by atoms with Crippen molar-refractivity contribution in [2.24, 2.45) is 0 Å². The number of benzene rings is 1. The highest BCUT2D eigenvalue weighted by molar-refractivity contribution is 9.10. The Morgan fingerprint density at radius 2 is 1.92 bits per heavy atom. The molecule has 0 radical (unpaired) electrons. The molecule has 1 aliphatic rings. The molecular formula is C16H19BrN2O3S2. The van der Waals surface area contributed by atoms with Crippen LogP contribution in [0.25, 0.3) is 0 Å². The minimum atomic E-state index is -3.54. The zero-order valence-electron chi connectivity index (χ0n) is 13.0. The smallest absolute Gasteiger partial charge is 0.240 e. The van der Waals surface area contributed by atoms with Crippen molar-refractivity contribution in [3.05, 3.63) is 52.9 Å². The van der Waals surface area contributed by atoms with Crippen molar-refractivity contribution < 1.29 is 12.8 Å². The van der Waals surface area contributed by atoms with Gasteiger partial charge in [-0.05, 0) is 30.3 Å². The summed E-state index contributed by atoms with van der Waals surface area (Å²) in [5, 5.41) is 0. The van der Waals surface area contributed by atoms with Crippen molar-refractivity contribution in [3.8, 4) is 0 Å². The van der Waals surface area contributed by atoms with E-state index in [9.17, 15) is 8.42 Å². The Morgan fingerprint density at radius 1 is 1.21 bits per heavy atom. The van der Waals surface area contributed by atoms with E-state index in [0.29, 0.717) is 6.54 Å². The number of sulfonamides is 1.